The van der Waals surface area contributed by atoms with Crippen molar-refractivity contribution >= 4 is 17.2 Å². The van der Waals surface area contributed by atoms with Crippen molar-refractivity contribution < 1.29 is 0 Å². The molecule has 4 rings (SSSR count). The van der Waals surface area contributed by atoms with Crippen LogP contribution in [-0.2, 0) is 5.41 Å². The normalized spacial score (nSPS) is 17.1. The lowest BCUT2D eigenvalue weighted by Crippen LogP contribution is -2.36. The summed E-state index contributed by atoms with van der Waals surface area (Å²) in [7, 11) is 0. The summed E-state index contributed by atoms with van der Waals surface area (Å²) in [5, 5.41) is 5.46. The van der Waals surface area contributed by atoms with E-state index in [0.29, 0.717) is 0 Å². The van der Waals surface area contributed by atoms with Gasteiger partial charge in [0.15, 0.2) is 5.65 Å². The van der Waals surface area contributed by atoms with Crippen LogP contribution < -0.4 is 0 Å². The summed E-state index contributed by atoms with van der Waals surface area (Å²) in [6, 6.07) is 5.79. The maximum Gasteiger partial charge on any atom is 0.155 e. The molecule has 3 heterocycles. The predicted octanol–water partition coefficient (Wildman–Crippen LogP) is 3.25. The Bertz CT molecular complexity index is 743. The van der Waals surface area contributed by atoms with Crippen molar-refractivity contribution in [3.63, 3.8) is 0 Å². The first-order chi connectivity index (χ1) is 9.79. The average molecular weight is 285 g/mol. The molecule has 4 nitrogen and oxygen atoms in total. The molecule has 0 atom stereocenters. The zero-order valence-corrected chi connectivity index (χ0v) is 11.6. The molecule has 0 amide bonds. The summed E-state index contributed by atoms with van der Waals surface area (Å²) in [4.78, 5) is 8.58. The highest BCUT2D eigenvalue weighted by molar-refractivity contribution is 6.31. The Hall–Kier alpha value is -1.94. The number of hydrogen-bond donors (Lipinski definition) is 0. The summed E-state index contributed by atoms with van der Waals surface area (Å²) < 4.78 is 1.82. The van der Waals surface area contributed by atoms with Crippen molar-refractivity contribution in [3.8, 4) is 0 Å². The number of hydrogen-bond acceptors (Lipinski definition) is 3. The molecule has 3 aromatic heterocycles. The second kappa shape index (κ2) is 4.28. The third-order valence-electron chi connectivity index (χ3n) is 4.22. The van der Waals surface area contributed by atoms with Crippen molar-refractivity contribution in [1.29, 1.82) is 0 Å². The molecule has 0 N–H and O–H groups in total. The van der Waals surface area contributed by atoms with Crippen LogP contribution in [-0.4, -0.2) is 19.6 Å². The molecular weight excluding hydrogens is 272 g/mol. The minimum Gasteiger partial charge on any atom is -0.264 e. The van der Waals surface area contributed by atoms with E-state index in [1.165, 1.54) is 6.42 Å². The van der Waals surface area contributed by atoms with Crippen LogP contribution in [0, 0.1) is 0 Å². The van der Waals surface area contributed by atoms with Crippen molar-refractivity contribution in [2.24, 2.45) is 0 Å². The molecule has 1 saturated carbocycles. The van der Waals surface area contributed by atoms with Gasteiger partial charge in [0, 0.05) is 46.9 Å². The van der Waals surface area contributed by atoms with Crippen LogP contribution in [0.1, 0.15) is 30.5 Å². The number of halogens is 1. The summed E-state index contributed by atoms with van der Waals surface area (Å²) in [6.45, 7) is 0. The fourth-order valence-electron chi connectivity index (χ4n) is 2.99. The molecule has 20 heavy (non-hydrogen) atoms. The van der Waals surface area contributed by atoms with Gasteiger partial charge < -0.3 is 0 Å². The van der Waals surface area contributed by atoms with Crippen LogP contribution in [0.3, 0.4) is 0 Å². The number of nitrogens with zero attached hydrogens (tertiary/aromatic N) is 4. The van der Waals surface area contributed by atoms with Gasteiger partial charge in [0.25, 0.3) is 0 Å². The van der Waals surface area contributed by atoms with E-state index >= 15 is 0 Å². The molecule has 1 aliphatic carbocycles. The molecule has 100 valence electrons. The molecule has 0 spiro atoms. The number of rotatable bonds is 2. The summed E-state index contributed by atoms with van der Waals surface area (Å²) >= 11 is 6.38. The van der Waals surface area contributed by atoms with Crippen molar-refractivity contribution in [3.05, 3.63) is 59.3 Å². The lowest BCUT2D eigenvalue weighted by molar-refractivity contribution is 0.292. The minimum atomic E-state index is -0.0982. The van der Waals surface area contributed by atoms with Gasteiger partial charge in [0.1, 0.15) is 0 Å². The summed E-state index contributed by atoms with van der Waals surface area (Å²) in [6.07, 6.45) is 10.6. The molecule has 0 radical (unpaired) electrons. The zero-order valence-electron chi connectivity index (χ0n) is 10.8. The third-order valence-corrected chi connectivity index (χ3v) is 4.55. The largest absolute Gasteiger partial charge is 0.264 e. The van der Waals surface area contributed by atoms with Gasteiger partial charge in [-0.3, -0.25) is 4.98 Å². The Kier molecular flexibility index (Phi) is 2.54. The minimum absolute atomic E-state index is 0.0982. The van der Waals surface area contributed by atoms with E-state index in [9.17, 15) is 0 Å². The Morgan fingerprint density at radius 3 is 2.85 bits per heavy atom. The maximum absolute atomic E-state index is 6.38. The van der Waals surface area contributed by atoms with Gasteiger partial charge in [0.05, 0.1) is 5.69 Å². The Morgan fingerprint density at radius 1 is 1.25 bits per heavy atom. The first kappa shape index (κ1) is 11.9. The van der Waals surface area contributed by atoms with Crippen LogP contribution in [0.2, 0.25) is 5.02 Å². The van der Waals surface area contributed by atoms with Crippen LogP contribution >= 0.6 is 11.6 Å². The van der Waals surface area contributed by atoms with Gasteiger partial charge in [-0.1, -0.05) is 18.0 Å². The van der Waals surface area contributed by atoms with E-state index in [4.69, 9.17) is 16.7 Å². The monoisotopic (exact) mass is 284 g/mol. The van der Waals surface area contributed by atoms with Crippen LogP contribution in [0.4, 0.5) is 0 Å². The van der Waals surface area contributed by atoms with Gasteiger partial charge >= 0.3 is 0 Å². The predicted molar refractivity (Wildman–Crippen MR) is 76.9 cm³/mol. The van der Waals surface area contributed by atoms with Crippen molar-refractivity contribution in [2.75, 3.05) is 0 Å². The van der Waals surface area contributed by atoms with Crippen LogP contribution in [0.25, 0.3) is 5.65 Å². The van der Waals surface area contributed by atoms with E-state index in [-0.39, 0.29) is 5.41 Å². The molecule has 1 aliphatic rings. The van der Waals surface area contributed by atoms with E-state index < -0.39 is 0 Å². The second-order valence-electron chi connectivity index (χ2n) is 5.24. The molecule has 1 fully saturated rings. The molecule has 0 aromatic carbocycles. The highest BCUT2D eigenvalue weighted by atomic mass is 35.5. The summed E-state index contributed by atoms with van der Waals surface area (Å²) in [5.41, 5.74) is 2.89. The first-order valence-corrected chi connectivity index (χ1v) is 7.08. The van der Waals surface area contributed by atoms with E-state index in [2.05, 4.69) is 16.0 Å². The number of fused-ring (bicyclic) bond motifs is 1. The second-order valence-corrected chi connectivity index (χ2v) is 5.65. The Morgan fingerprint density at radius 2 is 2.15 bits per heavy atom. The molecular formula is C15H13ClN4. The van der Waals surface area contributed by atoms with Gasteiger partial charge in [-0.05, 0) is 25.0 Å². The van der Waals surface area contributed by atoms with Gasteiger partial charge in [-0.2, -0.15) is 5.10 Å². The number of pyridine rings is 1. The Balaban J connectivity index is 1.91. The lowest BCUT2D eigenvalue weighted by atomic mass is 9.63. The molecule has 3 aromatic rings. The van der Waals surface area contributed by atoms with E-state index in [1.807, 2.05) is 29.0 Å². The van der Waals surface area contributed by atoms with Gasteiger partial charge in [-0.25, -0.2) is 9.50 Å². The fourth-order valence-corrected chi connectivity index (χ4v) is 3.27. The summed E-state index contributed by atoms with van der Waals surface area (Å²) in [5.74, 6) is 0. The van der Waals surface area contributed by atoms with Gasteiger partial charge in [-0.15, -0.1) is 0 Å². The standard InChI is InChI=1S/C15H13ClN4/c16-12-3-7-17-10-11(12)15(4-1-5-15)13-9-14-18-6-2-8-20(14)19-13/h2-3,6-10H,1,4-5H2. The number of aromatic nitrogens is 4. The van der Waals surface area contributed by atoms with Crippen molar-refractivity contribution in [1.82, 2.24) is 19.6 Å². The maximum atomic E-state index is 6.38. The SMILES string of the molecule is Clc1ccncc1C1(c2cc3ncccn3n2)CCC1. The quantitative estimate of drug-likeness (QED) is 0.725. The van der Waals surface area contributed by atoms with Crippen LogP contribution in [0.15, 0.2) is 43.0 Å². The smallest absolute Gasteiger partial charge is 0.155 e. The van der Waals surface area contributed by atoms with E-state index in [0.717, 1.165) is 34.8 Å². The zero-order chi connectivity index (χ0) is 13.6. The molecule has 5 heteroatoms. The molecule has 0 aliphatic heterocycles. The molecule has 0 bridgehead atoms. The van der Waals surface area contributed by atoms with Gasteiger partial charge in [0.2, 0.25) is 0 Å². The van der Waals surface area contributed by atoms with Crippen molar-refractivity contribution in [2.45, 2.75) is 24.7 Å². The highest BCUT2D eigenvalue weighted by Gasteiger charge is 2.44. The fraction of sp³-hybridized carbons (Fsp3) is 0.267. The molecule has 0 saturated heterocycles. The molecule has 0 unspecified atom stereocenters. The highest BCUT2D eigenvalue weighted by Crippen LogP contribution is 2.50. The first-order valence-electron chi connectivity index (χ1n) is 6.70. The van der Waals surface area contributed by atoms with E-state index in [1.54, 1.807) is 12.4 Å². The van der Waals surface area contributed by atoms with Crippen LogP contribution in [0.5, 0.6) is 0 Å². The third kappa shape index (κ3) is 1.58. The topological polar surface area (TPSA) is 43.1 Å². The Labute approximate surface area is 121 Å². The average Bonchev–Trinajstić information content (AvgIpc) is 2.83. The lowest BCUT2D eigenvalue weighted by Gasteiger charge is -2.41.